The smallest absolute Gasteiger partial charge is 0.347 e. The Morgan fingerprint density at radius 3 is 2.67 bits per heavy atom. The van der Waals surface area contributed by atoms with Gasteiger partial charge in [-0.25, -0.2) is 4.98 Å². The van der Waals surface area contributed by atoms with Gasteiger partial charge in [0.05, 0.1) is 5.69 Å². The molecule has 0 bridgehead atoms. The predicted octanol–water partition coefficient (Wildman–Crippen LogP) is 5.00. The van der Waals surface area contributed by atoms with Gasteiger partial charge in [-0.2, -0.15) is 18.3 Å². The van der Waals surface area contributed by atoms with E-state index in [0.717, 1.165) is 35.9 Å². The summed E-state index contributed by atoms with van der Waals surface area (Å²) >= 11 is 1.52. The van der Waals surface area contributed by atoms with Gasteiger partial charge < -0.3 is 10.4 Å². The number of halogens is 3. The highest BCUT2D eigenvalue weighted by molar-refractivity contribution is 7.13. The summed E-state index contributed by atoms with van der Waals surface area (Å²) in [6.45, 7) is 5.42. The molecule has 0 spiro atoms. The number of thiazole rings is 1. The van der Waals surface area contributed by atoms with Crippen LogP contribution < -0.4 is 5.84 Å². The third-order valence-electron chi connectivity index (χ3n) is 5.51. The van der Waals surface area contributed by atoms with Crippen molar-refractivity contribution in [2.45, 2.75) is 45.5 Å². The standard InChI is InChI=1S/C21H24F3N5S/c1-2-29-12-17(19(27-25)21(22,23)24)16-10-14(6-7-18(16)29)20-26-15(13-30-20)11-28-8-4-3-5-9-28/h6-7,10,12-13H,2-5,8-9,11,25H2,1H3. The number of likely N-dealkylation sites (tertiary alicyclic amines) is 1. The summed E-state index contributed by atoms with van der Waals surface area (Å²) in [6.07, 6.45) is 0.562. The van der Waals surface area contributed by atoms with E-state index < -0.39 is 11.9 Å². The third kappa shape index (κ3) is 4.09. The van der Waals surface area contributed by atoms with Gasteiger partial charge in [0.1, 0.15) is 5.01 Å². The molecule has 0 amide bonds. The lowest BCUT2D eigenvalue weighted by Crippen LogP contribution is -2.29. The van der Waals surface area contributed by atoms with Crippen LogP contribution >= 0.6 is 11.3 Å². The quantitative estimate of drug-likeness (QED) is 0.349. The van der Waals surface area contributed by atoms with Crippen molar-refractivity contribution in [3.05, 3.63) is 41.0 Å². The molecule has 1 fully saturated rings. The van der Waals surface area contributed by atoms with Gasteiger partial charge in [-0.1, -0.05) is 6.42 Å². The van der Waals surface area contributed by atoms with Crippen molar-refractivity contribution in [2.75, 3.05) is 13.1 Å². The van der Waals surface area contributed by atoms with Crippen molar-refractivity contribution >= 4 is 28.0 Å². The maximum Gasteiger partial charge on any atom is 0.435 e. The number of alkyl halides is 3. The molecule has 3 heterocycles. The zero-order chi connectivity index (χ0) is 21.3. The largest absolute Gasteiger partial charge is 0.435 e. The number of fused-ring (bicyclic) bond motifs is 1. The molecule has 1 aliphatic rings. The van der Waals surface area contributed by atoms with Gasteiger partial charge in [0.25, 0.3) is 0 Å². The van der Waals surface area contributed by atoms with Gasteiger partial charge >= 0.3 is 6.18 Å². The van der Waals surface area contributed by atoms with Crippen molar-refractivity contribution < 1.29 is 13.2 Å². The second-order valence-electron chi connectivity index (χ2n) is 7.52. The van der Waals surface area contributed by atoms with Crippen molar-refractivity contribution in [1.82, 2.24) is 14.5 Å². The minimum Gasteiger partial charge on any atom is -0.347 e. The topological polar surface area (TPSA) is 59.4 Å². The summed E-state index contributed by atoms with van der Waals surface area (Å²) in [7, 11) is 0. The number of hydrogen-bond acceptors (Lipinski definition) is 5. The molecule has 4 rings (SSSR count). The average molecular weight is 436 g/mol. The highest BCUT2D eigenvalue weighted by Gasteiger charge is 2.38. The first-order valence-electron chi connectivity index (χ1n) is 10.1. The number of hydrazone groups is 1. The Kier molecular flexibility index (Phi) is 5.84. The highest BCUT2D eigenvalue weighted by Crippen LogP contribution is 2.33. The third-order valence-corrected chi connectivity index (χ3v) is 6.45. The van der Waals surface area contributed by atoms with Crippen LogP contribution in [0.25, 0.3) is 21.5 Å². The van der Waals surface area contributed by atoms with Crippen LogP contribution in [0, 0.1) is 0 Å². The van der Waals surface area contributed by atoms with Gasteiger partial charge in [0, 0.05) is 46.7 Å². The van der Waals surface area contributed by atoms with E-state index in [-0.39, 0.29) is 5.56 Å². The first kappa shape index (κ1) is 20.9. The number of benzene rings is 1. The number of aryl methyl sites for hydroxylation is 1. The van der Waals surface area contributed by atoms with Crippen LogP contribution in [0.5, 0.6) is 0 Å². The molecule has 1 aliphatic heterocycles. The maximum atomic E-state index is 13.5. The van der Waals surface area contributed by atoms with E-state index in [1.807, 2.05) is 24.4 Å². The SMILES string of the molecule is CCn1cc(C(=NN)C(F)(F)F)c2cc(-c3nc(CN4CCCCC4)cs3)ccc21. The molecule has 0 unspecified atom stereocenters. The molecular weight excluding hydrogens is 411 g/mol. The zero-order valence-electron chi connectivity index (χ0n) is 16.7. The Morgan fingerprint density at radius 1 is 1.23 bits per heavy atom. The number of nitrogens with zero attached hydrogens (tertiary/aromatic N) is 4. The van der Waals surface area contributed by atoms with Crippen LogP contribution in [0.4, 0.5) is 13.2 Å². The lowest BCUT2D eigenvalue weighted by atomic mass is 10.1. The number of aromatic nitrogens is 2. The Labute approximate surface area is 177 Å². The summed E-state index contributed by atoms with van der Waals surface area (Å²) in [4.78, 5) is 7.15. The molecule has 3 aromatic rings. The summed E-state index contributed by atoms with van der Waals surface area (Å²) in [5.74, 6) is 5.12. The van der Waals surface area contributed by atoms with Gasteiger partial charge in [-0.05, 0) is 51.1 Å². The second kappa shape index (κ2) is 8.39. The van der Waals surface area contributed by atoms with Crippen molar-refractivity contribution in [3.8, 4) is 10.6 Å². The normalized spacial score (nSPS) is 16.5. The van der Waals surface area contributed by atoms with Crippen LogP contribution in [0.3, 0.4) is 0 Å². The van der Waals surface area contributed by atoms with E-state index in [4.69, 9.17) is 10.8 Å². The number of piperidine rings is 1. The Hall–Kier alpha value is -2.39. The van der Waals surface area contributed by atoms with E-state index in [1.54, 1.807) is 10.6 Å². The van der Waals surface area contributed by atoms with E-state index >= 15 is 0 Å². The minimum absolute atomic E-state index is 0.00574. The fraction of sp³-hybridized carbons (Fsp3) is 0.429. The minimum atomic E-state index is -4.62. The van der Waals surface area contributed by atoms with E-state index in [9.17, 15) is 13.2 Å². The van der Waals surface area contributed by atoms with Crippen LogP contribution in [-0.4, -0.2) is 39.4 Å². The monoisotopic (exact) mass is 435 g/mol. The Morgan fingerprint density at radius 2 is 2.00 bits per heavy atom. The van der Waals surface area contributed by atoms with Gasteiger partial charge in [-0.3, -0.25) is 4.90 Å². The lowest BCUT2D eigenvalue weighted by Gasteiger charge is -2.25. The predicted molar refractivity (Wildman–Crippen MR) is 115 cm³/mol. The van der Waals surface area contributed by atoms with Crippen molar-refractivity contribution in [1.29, 1.82) is 0 Å². The first-order valence-corrected chi connectivity index (χ1v) is 10.9. The zero-order valence-corrected chi connectivity index (χ0v) is 17.6. The van der Waals surface area contributed by atoms with Crippen LogP contribution in [0.2, 0.25) is 0 Å². The molecule has 0 saturated carbocycles. The molecule has 0 aliphatic carbocycles. The number of rotatable bonds is 5. The van der Waals surface area contributed by atoms with Crippen molar-refractivity contribution in [3.63, 3.8) is 0 Å². The molecule has 30 heavy (non-hydrogen) atoms. The molecule has 9 heteroatoms. The van der Waals surface area contributed by atoms with E-state index in [1.165, 1.54) is 36.8 Å². The molecule has 1 saturated heterocycles. The summed E-state index contributed by atoms with van der Waals surface area (Å²) in [5.41, 5.74) is 1.44. The summed E-state index contributed by atoms with van der Waals surface area (Å²) in [6, 6.07) is 5.51. The summed E-state index contributed by atoms with van der Waals surface area (Å²) < 4.78 is 42.2. The summed E-state index contributed by atoms with van der Waals surface area (Å²) in [5, 5.41) is 6.37. The van der Waals surface area contributed by atoms with Gasteiger partial charge in [-0.15, -0.1) is 11.3 Å². The van der Waals surface area contributed by atoms with Crippen molar-refractivity contribution in [2.24, 2.45) is 10.9 Å². The van der Waals surface area contributed by atoms with Crippen LogP contribution in [0.15, 0.2) is 34.9 Å². The van der Waals surface area contributed by atoms with Gasteiger partial charge in [0.2, 0.25) is 0 Å². The van der Waals surface area contributed by atoms with E-state index in [2.05, 4.69) is 10.0 Å². The molecule has 5 nitrogen and oxygen atoms in total. The second-order valence-corrected chi connectivity index (χ2v) is 8.38. The number of nitrogens with two attached hydrogens (primary N) is 1. The molecule has 0 atom stereocenters. The lowest BCUT2D eigenvalue weighted by molar-refractivity contribution is -0.0581. The molecule has 2 aromatic heterocycles. The average Bonchev–Trinajstić information content (AvgIpc) is 3.33. The fourth-order valence-corrected chi connectivity index (χ4v) is 4.84. The maximum absolute atomic E-state index is 13.5. The highest BCUT2D eigenvalue weighted by atomic mass is 32.1. The molecule has 2 N–H and O–H groups in total. The van der Waals surface area contributed by atoms with Crippen LogP contribution in [0.1, 0.15) is 37.4 Å². The first-order chi connectivity index (χ1) is 14.4. The Bertz CT molecular complexity index is 1060. The van der Waals surface area contributed by atoms with Gasteiger partial charge in [0.15, 0.2) is 5.71 Å². The number of hydrogen-bond donors (Lipinski definition) is 1. The molecule has 0 radical (unpaired) electrons. The van der Waals surface area contributed by atoms with Crippen LogP contribution in [-0.2, 0) is 13.1 Å². The Balaban J connectivity index is 1.70. The fourth-order valence-electron chi connectivity index (χ4n) is 4.03. The van der Waals surface area contributed by atoms with E-state index in [0.29, 0.717) is 17.4 Å². The molecule has 160 valence electrons. The molecule has 1 aromatic carbocycles. The molecular formula is C21H24F3N5S.